The molecule has 6 heteroatoms. The maximum Gasteiger partial charge on any atom is 0.339 e. The van der Waals surface area contributed by atoms with Crippen LogP contribution in [0.3, 0.4) is 0 Å². The quantitative estimate of drug-likeness (QED) is 0.690. The first-order chi connectivity index (χ1) is 8.16. The Kier molecular flexibility index (Phi) is 5.65. The fourth-order valence-electron chi connectivity index (χ4n) is 1.35. The minimum atomic E-state index is -0.987. The third-order valence-electron chi connectivity index (χ3n) is 2.25. The van der Waals surface area contributed by atoms with Crippen LogP contribution in [0.2, 0.25) is 0 Å². The summed E-state index contributed by atoms with van der Waals surface area (Å²) in [5.41, 5.74) is 0.745. The second-order valence-electron chi connectivity index (χ2n) is 3.60. The number of nitrogens with zero attached hydrogens (tertiary/aromatic N) is 2. The number of hydrogen-bond acceptors (Lipinski definition) is 4. The maximum absolute atomic E-state index is 10.9. The van der Waals surface area contributed by atoms with Crippen LogP contribution < -0.4 is 0 Å². The second kappa shape index (κ2) is 7.03. The standard InChI is InChI=1S/C11H18N2O4/c1-3-4-16-5-6-17-8-10-9(11(14)15)7-12-13(10)2/h7H,3-6,8H2,1-2H3,(H,14,15). The molecule has 0 aliphatic rings. The highest BCUT2D eigenvalue weighted by atomic mass is 16.5. The van der Waals surface area contributed by atoms with E-state index in [1.165, 1.54) is 10.9 Å². The van der Waals surface area contributed by atoms with Crippen LogP contribution in [0.4, 0.5) is 0 Å². The summed E-state index contributed by atoms with van der Waals surface area (Å²) < 4.78 is 12.1. The average Bonchev–Trinajstić information content (AvgIpc) is 2.65. The molecule has 0 aromatic carbocycles. The van der Waals surface area contributed by atoms with Crippen molar-refractivity contribution in [3.8, 4) is 0 Å². The molecule has 1 N–H and O–H groups in total. The fourth-order valence-corrected chi connectivity index (χ4v) is 1.35. The monoisotopic (exact) mass is 242 g/mol. The van der Waals surface area contributed by atoms with Crippen molar-refractivity contribution in [2.45, 2.75) is 20.0 Å². The summed E-state index contributed by atoms with van der Waals surface area (Å²) in [6, 6.07) is 0. The van der Waals surface area contributed by atoms with Gasteiger partial charge in [-0.3, -0.25) is 4.68 Å². The predicted molar refractivity (Wildman–Crippen MR) is 60.9 cm³/mol. The molecule has 0 fully saturated rings. The van der Waals surface area contributed by atoms with Crippen molar-refractivity contribution < 1.29 is 19.4 Å². The Labute approximate surface area is 100 Å². The Balaban J connectivity index is 2.36. The highest BCUT2D eigenvalue weighted by Crippen LogP contribution is 2.08. The van der Waals surface area contributed by atoms with Crippen LogP contribution in [0.5, 0.6) is 0 Å². The molecule has 0 bridgehead atoms. The zero-order valence-corrected chi connectivity index (χ0v) is 10.2. The van der Waals surface area contributed by atoms with Gasteiger partial charge in [0.1, 0.15) is 5.56 Å². The Hall–Kier alpha value is -1.40. The van der Waals surface area contributed by atoms with E-state index in [0.29, 0.717) is 18.9 Å². The van der Waals surface area contributed by atoms with E-state index in [1.54, 1.807) is 7.05 Å². The maximum atomic E-state index is 10.9. The van der Waals surface area contributed by atoms with E-state index in [1.807, 2.05) is 6.92 Å². The summed E-state index contributed by atoms with van der Waals surface area (Å²) >= 11 is 0. The van der Waals surface area contributed by atoms with Gasteiger partial charge in [-0.05, 0) is 6.42 Å². The molecule has 0 aliphatic heterocycles. The Bertz CT molecular complexity index is 362. The van der Waals surface area contributed by atoms with Crippen LogP contribution in [-0.2, 0) is 23.1 Å². The van der Waals surface area contributed by atoms with Gasteiger partial charge in [-0.1, -0.05) is 6.92 Å². The molecular weight excluding hydrogens is 224 g/mol. The molecule has 1 heterocycles. The number of ether oxygens (including phenoxy) is 2. The van der Waals surface area contributed by atoms with E-state index in [2.05, 4.69) is 5.10 Å². The van der Waals surface area contributed by atoms with Gasteiger partial charge < -0.3 is 14.6 Å². The number of carbonyl (C=O) groups is 1. The minimum absolute atomic E-state index is 0.182. The van der Waals surface area contributed by atoms with Crippen LogP contribution in [0.25, 0.3) is 0 Å². The van der Waals surface area contributed by atoms with Gasteiger partial charge in [-0.25, -0.2) is 4.79 Å². The summed E-state index contributed by atoms with van der Waals surface area (Å²) in [7, 11) is 1.69. The zero-order valence-electron chi connectivity index (χ0n) is 10.2. The van der Waals surface area contributed by atoms with Crippen molar-refractivity contribution in [1.29, 1.82) is 0 Å². The van der Waals surface area contributed by atoms with Crippen molar-refractivity contribution in [3.63, 3.8) is 0 Å². The molecule has 0 unspecified atom stereocenters. The predicted octanol–water partition coefficient (Wildman–Crippen LogP) is 1.06. The van der Waals surface area contributed by atoms with Crippen molar-refractivity contribution in [3.05, 3.63) is 17.5 Å². The first-order valence-corrected chi connectivity index (χ1v) is 5.56. The number of carboxylic acids is 1. The van der Waals surface area contributed by atoms with Crippen molar-refractivity contribution in [2.75, 3.05) is 19.8 Å². The number of aromatic carboxylic acids is 1. The van der Waals surface area contributed by atoms with Gasteiger partial charge in [0.15, 0.2) is 0 Å². The lowest BCUT2D eigenvalue weighted by Crippen LogP contribution is -2.10. The van der Waals surface area contributed by atoms with E-state index >= 15 is 0 Å². The molecule has 0 amide bonds. The summed E-state index contributed by atoms with van der Waals surface area (Å²) in [6.45, 7) is 3.96. The van der Waals surface area contributed by atoms with Crippen LogP contribution in [-0.4, -0.2) is 40.7 Å². The van der Waals surface area contributed by atoms with Gasteiger partial charge in [0.2, 0.25) is 0 Å². The molecule has 6 nitrogen and oxygen atoms in total. The lowest BCUT2D eigenvalue weighted by Gasteiger charge is -2.06. The van der Waals surface area contributed by atoms with E-state index in [-0.39, 0.29) is 12.2 Å². The molecule has 0 radical (unpaired) electrons. The normalized spacial score (nSPS) is 10.7. The minimum Gasteiger partial charge on any atom is -0.478 e. The number of hydrogen-bond donors (Lipinski definition) is 1. The summed E-state index contributed by atoms with van der Waals surface area (Å²) in [5, 5.41) is 12.8. The van der Waals surface area contributed by atoms with E-state index in [0.717, 1.165) is 13.0 Å². The summed E-state index contributed by atoms with van der Waals surface area (Å²) in [5.74, 6) is -0.987. The molecule has 17 heavy (non-hydrogen) atoms. The molecule has 1 rings (SSSR count). The molecule has 1 aromatic heterocycles. The lowest BCUT2D eigenvalue weighted by molar-refractivity contribution is 0.0380. The van der Waals surface area contributed by atoms with Gasteiger partial charge in [-0.2, -0.15) is 5.10 Å². The number of carboxylic acid groups (broad SMARTS) is 1. The zero-order chi connectivity index (χ0) is 12.7. The van der Waals surface area contributed by atoms with Gasteiger partial charge in [0, 0.05) is 13.7 Å². The average molecular weight is 242 g/mol. The van der Waals surface area contributed by atoms with Gasteiger partial charge in [0.05, 0.1) is 31.7 Å². The second-order valence-corrected chi connectivity index (χ2v) is 3.60. The van der Waals surface area contributed by atoms with Crippen molar-refractivity contribution >= 4 is 5.97 Å². The van der Waals surface area contributed by atoms with Crippen molar-refractivity contribution in [1.82, 2.24) is 9.78 Å². The van der Waals surface area contributed by atoms with Gasteiger partial charge in [0.25, 0.3) is 0 Å². The van der Waals surface area contributed by atoms with Crippen LogP contribution >= 0.6 is 0 Å². The van der Waals surface area contributed by atoms with Crippen LogP contribution in [0, 0.1) is 0 Å². The van der Waals surface area contributed by atoms with Crippen LogP contribution in [0.1, 0.15) is 29.4 Å². The van der Waals surface area contributed by atoms with E-state index < -0.39 is 5.97 Å². The first-order valence-electron chi connectivity index (χ1n) is 5.56. The molecule has 0 atom stereocenters. The summed E-state index contributed by atoms with van der Waals surface area (Å²) in [4.78, 5) is 10.9. The number of aryl methyl sites for hydroxylation is 1. The molecule has 1 aromatic rings. The lowest BCUT2D eigenvalue weighted by atomic mass is 10.2. The number of aromatic nitrogens is 2. The molecule has 0 aliphatic carbocycles. The summed E-state index contributed by atoms with van der Waals surface area (Å²) in [6.07, 6.45) is 2.31. The molecular formula is C11H18N2O4. The first kappa shape index (κ1) is 13.7. The fraction of sp³-hybridized carbons (Fsp3) is 0.636. The Morgan fingerprint density at radius 3 is 2.76 bits per heavy atom. The SMILES string of the molecule is CCCOCCOCc1c(C(=O)O)cnn1C. The highest BCUT2D eigenvalue weighted by Gasteiger charge is 2.14. The van der Waals surface area contributed by atoms with E-state index in [9.17, 15) is 4.79 Å². The molecule has 0 saturated carbocycles. The topological polar surface area (TPSA) is 73.6 Å². The third kappa shape index (κ3) is 4.16. The number of rotatable bonds is 8. The smallest absolute Gasteiger partial charge is 0.339 e. The molecule has 96 valence electrons. The third-order valence-corrected chi connectivity index (χ3v) is 2.25. The van der Waals surface area contributed by atoms with Gasteiger partial charge >= 0.3 is 5.97 Å². The largest absolute Gasteiger partial charge is 0.478 e. The molecule has 0 saturated heterocycles. The molecule has 0 spiro atoms. The Morgan fingerprint density at radius 1 is 1.41 bits per heavy atom. The van der Waals surface area contributed by atoms with E-state index in [4.69, 9.17) is 14.6 Å². The van der Waals surface area contributed by atoms with Gasteiger partial charge in [-0.15, -0.1) is 0 Å². The van der Waals surface area contributed by atoms with Crippen LogP contribution in [0.15, 0.2) is 6.20 Å². The highest BCUT2D eigenvalue weighted by molar-refractivity contribution is 5.88. The van der Waals surface area contributed by atoms with Crippen molar-refractivity contribution in [2.24, 2.45) is 7.05 Å². The Morgan fingerprint density at radius 2 is 2.12 bits per heavy atom.